The van der Waals surface area contributed by atoms with Crippen molar-refractivity contribution in [1.82, 2.24) is 0 Å². The second-order valence-corrected chi connectivity index (χ2v) is 19.2. The van der Waals surface area contributed by atoms with Crippen LogP contribution in [0.2, 0.25) is 10.8 Å². The first-order valence-corrected chi connectivity index (χ1v) is 27.1. The van der Waals surface area contributed by atoms with Gasteiger partial charge in [-0.2, -0.15) is 0 Å². The summed E-state index contributed by atoms with van der Waals surface area (Å²) in [6.45, 7) is 11.4. The average molecular weight is 854 g/mol. The molecule has 0 atom stereocenters. The fraction of sp³-hybridized carbons (Fsp3) is 0.714. The maximum atomic E-state index is 11.6. The number of nitrogens with zero attached hydrogens (tertiary/aromatic N) is 2. The van der Waals surface area contributed by atoms with Gasteiger partial charge in [-0.1, -0.05) is 129 Å². The van der Waals surface area contributed by atoms with Gasteiger partial charge >= 0.3 is 129 Å². The SMILES string of the molecule is CCCCCCCC[CH2][Ni][CH2]CCCCCCCC.CCCCCCCCc1cccc(C2=CC(CCCCCC)=C(c3cccc(CCCCCCCC)c3)[N+]2=[N-])c1. The van der Waals surface area contributed by atoms with Crippen molar-refractivity contribution in [2.24, 2.45) is 0 Å². The summed E-state index contributed by atoms with van der Waals surface area (Å²) in [4.78, 5) is 0. The number of allylic oxidation sites excluding steroid dienone is 2. The molecule has 2 aromatic rings. The van der Waals surface area contributed by atoms with Gasteiger partial charge in [0.2, 0.25) is 11.4 Å². The van der Waals surface area contributed by atoms with E-state index < -0.39 is 0 Å². The summed E-state index contributed by atoms with van der Waals surface area (Å²) >= 11 is 2.01. The number of benzene rings is 2. The third-order valence-electron chi connectivity index (χ3n) is 12.1. The van der Waals surface area contributed by atoms with Crippen LogP contribution >= 0.6 is 0 Å². The van der Waals surface area contributed by atoms with Crippen molar-refractivity contribution in [3.05, 3.63) is 88.0 Å². The van der Waals surface area contributed by atoms with Crippen LogP contribution in [0, 0.1) is 0 Å². The number of aryl methyl sites for hydroxylation is 2. The van der Waals surface area contributed by atoms with E-state index in [2.05, 4.69) is 89.2 Å². The minimum Gasteiger partial charge on any atom is -0.493 e. The molecule has 0 saturated heterocycles. The molecule has 1 aliphatic rings. The zero-order chi connectivity index (χ0) is 42.4. The zero-order valence-electron chi connectivity index (χ0n) is 39.7. The molecule has 0 bridgehead atoms. The van der Waals surface area contributed by atoms with E-state index in [0.29, 0.717) is 0 Å². The van der Waals surface area contributed by atoms with E-state index in [4.69, 9.17) is 0 Å². The molecule has 0 spiro atoms. The smallest absolute Gasteiger partial charge is 0.210 e. The molecule has 2 aromatic carbocycles. The van der Waals surface area contributed by atoms with Gasteiger partial charge in [0.15, 0.2) is 0 Å². The van der Waals surface area contributed by atoms with E-state index in [-0.39, 0.29) is 0 Å². The molecule has 1 aliphatic heterocycles. The average Bonchev–Trinajstić information content (AvgIpc) is 3.59. The van der Waals surface area contributed by atoms with Crippen molar-refractivity contribution in [1.29, 1.82) is 0 Å². The predicted molar refractivity (Wildman–Crippen MR) is 260 cm³/mol. The summed E-state index contributed by atoms with van der Waals surface area (Å²) in [7, 11) is 0. The Morgan fingerprint density at radius 2 is 0.763 bits per heavy atom. The molecule has 0 radical (unpaired) electrons. The number of hydrogen-bond donors (Lipinski definition) is 0. The Bertz CT molecular complexity index is 1360. The van der Waals surface area contributed by atoms with E-state index in [9.17, 15) is 5.53 Å². The molecule has 1 heterocycles. The first kappa shape index (κ1) is 53.2. The van der Waals surface area contributed by atoms with Gasteiger partial charge in [0.05, 0.1) is 0 Å². The summed E-state index contributed by atoms with van der Waals surface area (Å²) < 4.78 is 1.49. The van der Waals surface area contributed by atoms with E-state index in [1.54, 1.807) is 0 Å². The molecule has 59 heavy (non-hydrogen) atoms. The van der Waals surface area contributed by atoms with Crippen molar-refractivity contribution in [2.75, 3.05) is 0 Å². The minimum atomic E-state index is 0.923. The van der Waals surface area contributed by atoms with Gasteiger partial charge in [-0.05, 0) is 73.9 Å². The van der Waals surface area contributed by atoms with Crippen LogP contribution in [-0.2, 0) is 27.3 Å². The third kappa shape index (κ3) is 25.5. The van der Waals surface area contributed by atoms with Gasteiger partial charge in [0, 0.05) is 22.8 Å². The van der Waals surface area contributed by atoms with Gasteiger partial charge in [-0.25, -0.2) is 4.70 Å². The summed E-state index contributed by atoms with van der Waals surface area (Å²) in [6.07, 6.45) is 46.5. The van der Waals surface area contributed by atoms with Gasteiger partial charge in [0.25, 0.3) is 0 Å². The quantitative estimate of drug-likeness (QED) is 0.0368. The largest absolute Gasteiger partial charge is 0.493 e. The second kappa shape index (κ2) is 37.7. The van der Waals surface area contributed by atoms with Crippen molar-refractivity contribution >= 4 is 11.4 Å². The number of unbranched alkanes of at least 4 members (excludes halogenated alkanes) is 25. The van der Waals surface area contributed by atoms with Crippen molar-refractivity contribution in [3.8, 4) is 0 Å². The molecular weight excluding hydrogens is 759 g/mol. The van der Waals surface area contributed by atoms with E-state index in [1.165, 1.54) is 225 Å². The Morgan fingerprint density at radius 1 is 0.407 bits per heavy atom. The van der Waals surface area contributed by atoms with Crippen LogP contribution in [-0.4, -0.2) is 4.70 Å². The molecule has 0 N–H and O–H groups in total. The number of hydrogen-bond acceptors (Lipinski definition) is 0. The maximum Gasteiger partial charge on any atom is 0.210 e. The molecule has 338 valence electrons. The maximum absolute atomic E-state index is 11.6. The summed E-state index contributed by atoms with van der Waals surface area (Å²) in [5.74, 6) is 0. The Kier molecular flexibility index (Phi) is 34.0. The van der Waals surface area contributed by atoms with Crippen LogP contribution in [0.4, 0.5) is 0 Å². The predicted octanol–water partition coefficient (Wildman–Crippen LogP) is 19.7. The van der Waals surface area contributed by atoms with Crippen LogP contribution in [0.5, 0.6) is 0 Å². The Balaban J connectivity index is 0.000000532. The first-order chi connectivity index (χ1) is 29.1. The third-order valence-corrected chi connectivity index (χ3v) is 13.5. The Hall–Kier alpha value is -1.99. The van der Waals surface area contributed by atoms with E-state index in [1.807, 2.05) is 14.4 Å². The number of rotatable bonds is 37. The normalized spacial score (nSPS) is 12.7. The summed E-state index contributed by atoms with van der Waals surface area (Å²) in [5, 5.41) is 2.85. The van der Waals surface area contributed by atoms with E-state index >= 15 is 0 Å². The zero-order valence-corrected chi connectivity index (χ0v) is 40.6. The van der Waals surface area contributed by atoms with Crippen molar-refractivity contribution in [3.63, 3.8) is 0 Å². The molecular formula is C56H94N2Ni. The Morgan fingerprint density at radius 3 is 1.22 bits per heavy atom. The van der Waals surface area contributed by atoms with Crippen LogP contribution in [0.1, 0.15) is 256 Å². The topological polar surface area (TPSA) is 25.3 Å². The summed E-state index contributed by atoms with van der Waals surface area (Å²) in [5.41, 5.74) is 19.8. The van der Waals surface area contributed by atoms with Gasteiger partial charge in [0.1, 0.15) is 0 Å². The van der Waals surface area contributed by atoms with Crippen LogP contribution in [0.25, 0.3) is 16.9 Å². The molecule has 0 saturated carbocycles. The molecule has 3 heteroatoms. The van der Waals surface area contributed by atoms with Gasteiger partial charge in [-0.15, -0.1) is 0 Å². The van der Waals surface area contributed by atoms with Gasteiger partial charge in [-0.3, -0.25) is 0 Å². The molecule has 2 nitrogen and oxygen atoms in total. The van der Waals surface area contributed by atoms with Crippen LogP contribution in [0.3, 0.4) is 0 Å². The standard InChI is InChI=1S/C38H56N2.2C9H19.Ni/c1-4-7-10-13-15-17-22-32-24-20-27-34(29-32)37-31-36(26-19-12-9-6-3)38(40(37)39)35-28-21-25-33(30-35)23-18-16-14-11-8-5-2;2*1-3-5-7-9-8-6-4-2;/h20-21,24-25,27-31H,4-19,22-23,26H2,1-3H3;2*1,3-9H2,2H3;. The van der Waals surface area contributed by atoms with Crippen LogP contribution < -0.4 is 0 Å². The first-order valence-electron chi connectivity index (χ1n) is 25.7. The fourth-order valence-electron chi connectivity index (χ4n) is 8.29. The van der Waals surface area contributed by atoms with Gasteiger partial charge < -0.3 is 5.53 Å². The molecule has 0 unspecified atom stereocenters. The molecule has 0 amide bonds. The minimum absolute atomic E-state index is 0.923. The fourth-order valence-corrected chi connectivity index (χ4v) is 9.52. The van der Waals surface area contributed by atoms with Crippen LogP contribution in [0.15, 0.2) is 60.2 Å². The summed E-state index contributed by atoms with van der Waals surface area (Å²) in [6, 6.07) is 17.8. The monoisotopic (exact) mass is 853 g/mol. The van der Waals surface area contributed by atoms with Crippen molar-refractivity contribution in [2.45, 2.75) is 257 Å². The van der Waals surface area contributed by atoms with Crippen molar-refractivity contribution < 1.29 is 19.1 Å². The molecule has 3 rings (SSSR count). The molecule has 0 aromatic heterocycles. The molecule has 0 fully saturated rings. The molecule has 0 aliphatic carbocycles. The Labute approximate surface area is 374 Å². The van der Waals surface area contributed by atoms with E-state index in [0.717, 1.165) is 41.8 Å². The second-order valence-electron chi connectivity index (χ2n) is 17.7.